The summed E-state index contributed by atoms with van der Waals surface area (Å²) < 4.78 is 5.33. The third-order valence-electron chi connectivity index (χ3n) is 4.72. The van der Waals surface area contributed by atoms with Crippen molar-refractivity contribution in [3.8, 4) is 0 Å². The summed E-state index contributed by atoms with van der Waals surface area (Å²) >= 11 is 0. The fraction of sp³-hybridized carbons (Fsp3) is 0.333. The lowest BCUT2D eigenvalue weighted by Gasteiger charge is -2.28. The molecule has 0 aliphatic carbocycles. The van der Waals surface area contributed by atoms with Crippen LogP contribution >= 0.6 is 0 Å². The average molecular weight is 363 g/mol. The van der Waals surface area contributed by atoms with Crippen LogP contribution < -0.4 is 15.5 Å². The van der Waals surface area contributed by atoms with Crippen LogP contribution in [0.1, 0.15) is 30.7 Å². The smallest absolute Gasteiger partial charge is 0.225 e. The van der Waals surface area contributed by atoms with Gasteiger partial charge in [-0.05, 0) is 62.6 Å². The van der Waals surface area contributed by atoms with E-state index in [4.69, 9.17) is 4.42 Å². The van der Waals surface area contributed by atoms with Gasteiger partial charge in [0.1, 0.15) is 11.6 Å². The van der Waals surface area contributed by atoms with E-state index in [1.54, 1.807) is 6.26 Å². The summed E-state index contributed by atoms with van der Waals surface area (Å²) in [5.41, 5.74) is 3.21. The van der Waals surface area contributed by atoms with E-state index >= 15 is 0 Å². The first-order chi connectivity index (χ1) is 13.3. The Hall–Kier alpha value is -3.02. The summed E-state index contributed by atoms with van der Waals surface area (Å²) in [5, 5.41) is 6.58. The number of hydrogen-bond donors (Lipinski definition) is 2. The Morgan fingerprint density at radius 1 is 1.04 bits per heavy atom. The molecule has 1 aromatic carbocycles. The van der Waals surface area contributed by atoms with E-state index in [9.17, 15) is 0 Å². The van der Waals surface area contributed by atoms with Crippen molar-refractivity contribution in [2.45, 2.75) is 32.7 Å². The minimum Gasteiger partial charge on any atom is -0.467 e. The van der Waals surface area contributed by atoms with Crippen LogP contribution in [0.2, 0.25) is 0 Å². The molecule has 2 aromatic heterocycles. The molecule has 27 heavy (non-hydrogen) atoms. The van der Waals surface area contributed by atoms with Crippen molar-refractivity contribution in [2.24, 2.45) is 0 Å². The Bertz CT molecular complexity index is 855. The van der Waals surface area contributed by atoms with Crippen LogP contribution in [-0.4, -0.2) is 23.1 Å². The Morgan fingerprint density at radius 3 is 2.59 bits per heavy atom. The molecule has 0 unspecified atom stereocenters. The number of furan rings is 1. The first-order valence-electron chi connectivity index (χ1n) is 9.50. The molecule has 0 bridgehead atoms. The molecule has 0 saturated carbocycles. The summed E-state index contributed by atoms with van der Waals surface area (Å²) in [6.07, 6.45) is 5.58. The Kier molecular flexibility index (Phi) is 5.23. The average Bonchev–Trinajstić information content (AvgIpc) is 3.21. The van der Waals surface area contributed by atoms with Gasteiger partial charge in [-0.3, -0.25) is 0 Å². The molecule has 0 amide bonds. The largest absolute Gasteiger partial charge is 0.467 e. The minimum atomic E-state index is 0.556. The number of nitrogens with one attached hydrogen (secondary N) is 2. The number of aryl methyl sites for hydroxylation is 1. The third kappa shape index (κ3) is 4.58. The maximum atomic E-state index is 5.33. The molecule has 0 radical (unpaired) electrons. The molecule has 3 aromatic rings. The molecule has 140 valence electrons. The van der Waals surface area contributed by atoms with Crippen LogP contribution in [0.4, 0.5) is 23.1 Å². The first-order valence-corrected chi connectivity index (χ1v) is 9.50. The molecule has 4 rings (SSSR count). The number of aromatic nitrogens is 2. The molecule has 1 aliphatic rings. The van der Waals surface area contributed by atoms with E-state index in [1.165, 1.54) is 24.9 Å². The van der Waals surface area contributed by atoms with Gasteiger partial charge in [-0.25, -0.2) is 4.98 Å². The molecule has 3 heterocycles. The number of hydrogen-bond acceptors (Lipinski definition) is 6. The van der Waals surface area contributed by atoms with Crippen molar-refractivity contribution in [1.82, 2.24) is 9.97 Å². The van der Waals surface area contributed by atoms with Gasteiger partial charge in [0.15, 0.2) is 0 Å². The fourth-order valence-corrected chi connectivity index (χ4v) is 3.35. The molecule has 0 spiro atoms. The number of benzene rings is 1. The highest BCUT2D eigenvalue weighted by Gasteiger charge is 2.10. The van der Waals surface area contributed by atoms with Gasteiger partial charge >= 0.3 is 0 Å². The van der Waals surface area contributed by atoms with Crippen LogP contribution in [0.3, 0.4) is 0 Å². The predicted octanol–water partition coefficient (Wildman–Crippen LogP) is 4.72. The molecule has 1 saturated heterocycles. The van der Waals surface area contributed by atoms with E-state index in [1.807, 2.05) is 25.1 Å². The lowest BCUT2D eigenvalue weighted by molar-refractivity contribution is 0.517. The maximum Gasteiger partial charge on any atom is 0.225 e. The number of piperidine rings is 1. The zero-order chi connectivity index (χ0) is 18.5. The second kappa shape index (κ2) is 8.12. The summed E-state index contributed by atoms with van der Waals surface area (Å²) in [5.74, 6) is 2.21. The van der Waals surface area contributed by atoms with Crippen LogP contribution in [0.5, 0.6) is 0 Å². The SMILES string of the molecule is Cc1cc(Nc2ccc(N3CCCCC3)cc2)nc(NCc2ccco2)n1. The second-order valence-corrected chi connectivity index (χ2v) is 6.87. The van der Waals surface area contributed by atoms with Gasteiger partial charge < -0.3 is 20.0 Å². The van der Waals surface area contributed by atoms with Crippen molar-refractivity contribution in [3.63, 3.8) is 0 Å². The highest BCUT2D eigenvalue weighted by Crippen LogP contribution is 2.23. The maximum absolute atomic E-state index is 5.33. The monoisotopic (exact) mass is 363 g/mol. The lowest BCUT2D eigenvalue weighted by Crippen LogP contribution is -2.29. The van der Waals surface area contributed by atoms with Gasteiger partial charge in [0, 0.05) is 36.2 Å². The summed E-state index contributed by atoms with van der Waals surface area (Å²) in [7, 11) is 0. The number of rotatable bonds is 6. The molecule has 1 fully saturated rings. The standard InChI is InChI=1S/C21H25N5O/c1-16-14-20(25-21(23-16)22-15-19-6-5-13-27-19)24-17-7-9-18(10-8-17)26-11-3-2-4-12-26/h5-10,13-14H,2-4,11-12,15H2,1H3,(H2,22,23,24,25). The third-order valence-corrected chi connectivity index (χ3v) is 4.72. The topological polar surface area (TPSA) is 66.2 Å². The molecule has 1 aliphatic heterocycles. The Morgan fingerprint density at radius 2 is 1.85 bits per heavy atom. The van der Waals surface area contributed by atoms with Crippen LogP contribution in [0.25, 0.3) is 0 Å². The first kappa shape index (κ1) is 17.4. The number of nitrogens with zero attached hydrogens (tertiary/aromatic N) is 3. The summed E-state index contributed by atoms with van der Waals surface area (Å²) in [4.78, 5) is 11.5. The van der Waals surface area contributed by atoms with Crippen molar-refractivity contribution in [2.75, 3.05) is 28.6 Å². The van der Waals surface area contributed by atoms with Crippen molar-refractivity contribution in [3.05, 3.63) is 60.2 Å². The van der Waals surface area contributed by atoms with E-state index in [2.05, 4.69) is 49.8 Å². The lowest BCUT2D eigenvalue weighted by atomic mass is 10.1. The molecular weight excluding hydrogens is 338 g/mol. The van der Waals surface area contributed by atoms with Crippen molar-refractivity contribution >= 4 is 23.1 Å². The Balaban J connectivity index is 1.42. The number of anilines is 4. The van der Waals surface area contributed by atoms with Crippen molar-refractivity contribution in [1.29, 1.82) is 0 Å². The van der Waals surface area contributed by atoms with E-state index in [0.717, 1.165) is 36.0 Å². The zero-order valence-electron chi connectivity index (χ0n) is 15.6. The second-order valence-electron chi connectivity index (χ2n) is 6.87. The van der Waals surface area contributed by atoms with Gasteiger partial charge in [0.25, 0.3) is 0 Å². The zero-order valence-corrected chi connectivity index (χ0v) is 15.6. The molecule has 6 heteroatoms. The van der Waals surface area contributed by atoms with Crippen LogP contribution in [0, 0.1) is 6.92 Å². The minimum absolute atomic E-state index is 0.556. The predicted molar refractivity (Wildman–Crippen MR) is 109 cm³/mol. The highest BCUT2D eigenvalue weighted by atomic mass is 16.3. The van der Waals surface area contributed by atoms with Gasteiger partial charge in [-0.15, -0.1) is 0 Å². The van der Waals surface area contributed by atoms with Crippen molar-refractivity contribution < 1.29 is 4.42 Å². The van der Waals surface area contributed by atoms with Crippen LogP contribution in [0.15, 0.2) is 53.1 Å². The Labute approximate surface area is 159 Å². The van der Waals surface area contributed by atoms with Crippen LogP contribution in [-0.2, 0) is 6.54 Å². The van der Waals surface area contributed by atoms with E-state index in [-0.39, 0.29) is 0 Å². The van der Waals surface area contributed by atoms with Gasteiger partial charge in [0.2, 0.25) is 5.95 Å². The summed E-state index contributed by atoms with van der Waals surface area (Å²) in [6.45, 7) is 4.83. The molecule has 2 N–H and O–H groups in total. The summed E-state index contributed by atoms with van der Waals surface area (Å²) in [6, 6.07) is 14.3. The molecule has 6 nitrogen and oxygen atoms in total. The molecule has 0 atom stereocenters. The normalized spacial score (nSPS) is 14.2. The van der Waals surface area contributed by atoms with Gasteiger partial charge in [0.05, 0.1) is 12.8 Å². The van der Waals surface area contributed by atoms with Gasteiger partial charge in [-0.2, -0.15) is 4.98 Å². The van der Waals surface area contributed by atoms with E-state index in [0.29, 0.717) is 12.5 Å². The van der Waals surface area contributed by atoms with E-state index < -0.39 is 0 Å². The van der Waals surface area contributed by atoms with Gasteiger partial charge in [-0.1, -0.05) is 0 Å². The fourth-order valence-electron chi connectivity index (χ4n) is 3.35. The highest BCUT2D eigenvalue weighted by molar-refractivity contribution is 5.61. The molecular formula is C21H25N5O. The quantitative estimate of drug-likeness (QED) is 0.660.